The first kappa shape index (κ1) is 14.9. The van der Waals surface area contributed by atoms with Crippen molar-refractivity contribution in [3.63, 3.8) is 0 Å². The number of primary amides is 1. The van der Waals surface area contributed by atoms with E-state index in [1.54, 1.807) is 43.5 Å². The molecule has 1 amide bonds. The number of amides is 1. The highest BCUT2D eigenvalue weighted by atomic mass is 79.9. The summed E-state index contributed by atoms with van der Waals surface area (Å²) >= 11 is 6.69. The number of rotatable bonds is 4. The van der Waals surface area contributed by atoms with Crippen molar-refractivity contribution in [3.05, 3.63) is 50.9 Å². The van der Waals surface area contributed by atoms with E-state index in [1.807, 2.05) is 0 Å². The second kappa shape index (κ2) is 6.28. The fraction of sp³-hybridized carbons (Fsp3) is 0.0714. The van der Waals surface area contributed by atoms with E-state index in [0.717, 1.165) is 8.95 Å². The van der Waals surface area contributed by atoms with Gasteiger partial charge in [0.25, 0.3) is 5.91 Å². The SMILES string of the molecule is COc1ccc(Oc2ccc(Br)cc2C(N)=O)c(Br)c1. The molecule has 0 saturated carbocycles. The van der Waals surface area contributed by atoms with Crippen molar-refractivity contribution in [3.8, 4) is 17.2 Å². The van der Waals surface area contributed by atoms with Crippen LogP contribution < -0.4 is 15.2 Å². The van der Waals surface area contributed by atoms with Crippen LogP contribution in [0.3, 0.4) is 0 Å². The monoisotopic (exact) mass is 399 g/mol. The molecule has 2 N–H and O–H groups in total. The third kappa shape index (κ3) is 3.32. The van der Waals surface area contributed by atoms with Crippen molar-refractivity contribution < 1.29 is 14.3 Å². The molecule has 0 aliphatic heterocycles. The van der Waals surface area contributed by atoms with Gasteiger partial charge in [0.05, 0.1) is 17.1 Å². The van der Waals surface area contributed by atoms with Gasteiger partial charge in [0.15, 0.2) is 0 Å². The molecule has 0 fully saturated rings. The van der Waals surface area contributed by atoms with E-state index >= 15 is 0 Å². The van der Waals surface area contributed by atoms with E-state index in [9.17, 15) is 4.79 Å². The van der Waals surface area contributed by atoms with Crippen molar-refractivity contribution in [2.75, 3.05) is 7.11 Å². The second-order valence-corrected chi connectivity index (χ2v) is 5.67. The lowest BCUT2D eigenvalue weighted by atomic mass is 10.2. The third-order valence-corrected chi connectivity index (χ3v) is 3.68. The summed E-state index contributed by atoms with van der Waals surface area (Å²) in [5, 5.41) is 0. The molecule has 2 rings (SSSR count). The van der Waals surface area contributed by atoms with E-state index < -0.39 is 5.91 Å². The van der Waals surface area contributed by atoms with Crippen molar-refractivity contribution in [1.82, 2.24) is 0 Å². The van der Waals surface area contributed by atoms with Gasteiger partial charge in [0.1, 0.15) is 17.2 Å². The van der Waals surface area contributed by atoms with Gasteiger partial charge in [0, 0.05) is 4.47 Å². The van der Waals surface area contributed by atoms with Gasteiger partial charge in [-0.15, -0.1) is 0 Å². The fourth-order valence-corrected chi connectivity index (χ4v) is 2.39. The van der Waals surface area contributed by atoms with Crippen LogP contribution in [0.5, 0.6) is 17.2 Å². The van der Waals surface area contributed by atoms with Crippen LogP contribution in [0.25, 0.3) is 0 Å². The van der Waals surface area contributed by atoms with Gasteiger partial charge < -0.3 is 15.2 Å². The molecule has 0 bridgehead atoms. The molecule has 2 aromatic carbocycles. The summed E-state index contributed by atoms with van der Waals surface area (Å²) in [6.45, 7) is 0. The summed E-state index contributed by atoms with van der Waals surface area (Å²) in [4.78, 5) is 11.4. The Kier molecular flexibility index (Phi) is 4.67. The van der Waals surface area contributed by atoms with Crippen LogP contribution >= 0.6 is 31.9 Å². The van der Waals surface area contributed by atoms with Crippen LogP contribution in [0.2, 0.25) is 0 Å². The van der Waals surface area contributed by atoms with E-state index in [2.05, 4.69) is 31.9 Å². The fourth-order valence-electron chi connectivity index (χ4n) is 1.59. The maximum absolute atomic E-state index is 11.4. The molecule has 0 radical (unpaired) electrons. The largest absolute Gasteiger partial charge is 0.497 e. The highest BCUT2D eigenvalue weighted by Gasteiger charge is 2.12. The van der Waals surface area contributed by atoms with Crippen LogP contribution in [0.4, 0.5) is 0 Å². The minimum absolute atomic E-state index is 0.307. The highest BCUT2D eigenvalue weighted by Crippen LogP contribution is 2.34. The minimum Gasteiger partial charge on any atom is -0.497 e. The summed E-state index contributed by atoms with van der Waals surface area (Å²) in [6, 6.07) is 10.4. The van der Waals surface area contributed by atoms with E-state index in [0.29, 0.717) is 22.8 Å². The summed E-state index contributed by atoms with van der Waals surface area (Å²) in [6.07, 6.45) is 0. The van der Waals surface area contributed by atoms with Crippen molar-refractivity contribution in [2.24, 2.45) is 5.73 Å². The Morgan fingerprint density at radius 2 is 1.80 bits per heavy atom. The van der Waals surface area contributed by atoms with E-state index in [-0.39, 0.29) is 0 Å². The number of carbonyl (C=O) groups excluding carboxylic acids is 1. The molecule has 104 valence electrons. The Balaban J connectivity index is 2.37. The number of hydrogen-bond donors (Lipinski definition) is 1. The predicted octanol–water partition coefficient (Wildman–Crippen LogP) is 4.11. The standard InChI is InChI=1S/C14H11Br2NO3/c1-19-9-3-5-13(11(16)7-9)20-12-4-2-8(15)6-10(12)14(17)18/h2-7H,1H3,(H2,17,18). The number of methoxy groups -OCH3 is 1. The number of ether oxygens (including phenoxy) is 2. The molecule has 6 heteroatoms. The number of hydrogen-bond acceptors (Lipinski definition) is 3. The Morgan fingerprint density at radius 1 is 1.10 bits per heavy atom. The summed E-state index contributed by atoms with van der Waals surface area (Å²) in [7, 11) is 1.59. The third-order valence-electron chi connectivity index (χ3n) is 2.57. The van der Waals surface area contributed by atoms with Crippen molar-refractivity contribution >= 4 is 37.8 Å². The van der Waals surface area contributed by atoms with Gasteiger partial charge >= 0.3 is 0 Å². The lowest BCUT2D eigenvalue weighted by Crippen LogP contribution is -2.12. The number of carbonyl (C=O) groups is 1. The second-order valence-electron chi connectivity index (χ2n) is 3.90. The first-order chi connectivity index (χ1) is 9.51. The molecule has 0 saturated heterocycles. The van der Waals surface area contributed by atoms with Crippen LogP contribution in [-0.2, 0) is 0 Å². The lowest BCUT2D eigenvalue weighted by Gasteiger charge is -2.11. The Bertz CT molecular complexity index is 659. The first-order valence-corrected chi connectivity index (χ1v) is 7.20. The zero-order valence-electron chi connectivity index (χ0n) is 10.5. The molecule has 0 atom stereocenters. The average molecular weight is 401 g/mol. The van der Waals surface area contributed by atoms with Gasteiger partial charge in [-0.05, 0) is 52.3 Å². The van der Waals surface area contributed by atoms with Crippen LogP contribution in [0.1, 0.15) is 10.4 Å². The van der Waals surface area contributed by atoms with Gasteiger partial charge in [-0.3, -0.25) is 4.79 Å². The summed E-state index contributed by atoms with van der Waals surface area (Å²) in [5.74, 6) is 1.11. The predicted molar refractivity (Wildman–Crippen MR) is 83.4 cm³/mol. The van der Waals surface area contributed by atoms with Gasteiger partial charge in [0.2, 0.25) is 0 Å². The smallest absolute Gasteiger partial charge is 0.252 e. The molecule has 0 aliphatic carbocycles. The van der Waals surface area contributed by atoms with Gasteiger partial charge in [-0.1, -0.05) is 15.9 Å². The van der Waals surface area contributed by atoms with Crippen LogP contribution in [0, 0.1) is 0 Å². The molecule has 0 spiro atoms. The zero-order chi connectivity index (χ0) is 14.7. The molecule has 0 aliphatic rings. The molecule has 0 unspecified atom stereocenters. The molecular weight excluding hydrogens is 390 g/mol. The molecule has 0 heterocycles. The normalized spacial score (nSPS) is 10.2. The lowest BCUT2D eigenvalue weighted by molar-refractivity contribution is 0.0998. The quantitative estimate of drug-likeness (QED) is 0.839. The molecule has 20 heavy (non-hydrogen) atoms. The van der Waals surface area contributed by atoms with E-state index in [4.69, 9.17) is 15.2 Å². The number of halogens is 2. The van der Waals surface area contributed by atoms with E-state index in [1.165, 1.54) is 0 Å². The highest BCUT2D eigenvalue weighted by molar-refractivity contribution is 9.10. The molecule has 4 nitrogen and oxygen atoms in total. The molecule has 2 aromatic rings. The average Bonchev–Trinajstić information content (AvgIpc) is 2.42. The minimum atomic E-state index is -0.550. The van der Waals surface area contributed by atoms with Crippen LogP contribution in [0.15, 0.2) is 45.3 Å². The van der Waals surface area contributed by atoms with Crippen LogP contribution in [-0.4, -0.2) is 13.0 Å². The van der Waals surface area contributed by atoms with Crippen molar-refractivity contribution in [2.45, 2.75) is 0 Å². The molecule has 0 aromatic heterocycles. The maximum atomic E-state index is 11.4. The first-order valence-electron chi connectivity index (χ1n) is 5.62. The van der Waals surface area contributed by atoms with Crippen molar-refractivity contribution in [1.29, 1.82) is 0 Å². The number of benzene rings is 2. The topological polar surface area (TPSA) is 61.6 Å². The summed E-state index contributed by atoms with van der Waals surface area (Å²) in [5.41, 5.74) is 5.66. The zero-order valence-corrected chi connectivity index (χ0v) is 13.7. The summed E-state index contributed by atoms with van der Waals surface area (Å²) < 4.78 is 12.3. The Hall–Kier alpha value is -1.53. The Morgan fingerprint density at radius 3 is 2.40 bits per heavy atom. The maximum Gasteiger partial charge on any atom is 0.252 e. The van der Waals surface area contributed by atoms with Gasteiger partial charge in [-0.2, -0.15) is 0 Å². The Labute approximate surface area is 133 Å². The van der Waals surface area contributed by atoms with Gasteiger partial charge in [-0.25, -0.2) is 0 Å². The molecular formula is C14H11Br2NO3. The number of nitrogens with two attached hydrogens (primary N) is 1.